The number of likely N-dealkylation sites (N-methyl/N-ethyl adjacent to an activating group) is 1. The Labute approximate surface area is 291 Å². The van der Waals surface area contributed by atoms with E-state index in [1.54, 1.807) is 6.08 Å². The minimum atomic E-state index is -0.866. The first kappa shape index (κ1) is 40.7. The Morgan fingerprint density at radius 2 is 1.15 bits per heavy atom. The van der Waals surface area contributed by atoms with Crippen LogP contribution in [0.25, 0.3) is 0 Å². The van der Waals surface area contributed by atoms with Gasteiger partial charge < -0.3 is 19.9 Å². The van der Waals surface area contributed by atoms with Gasteiger partial charge in [0.2, 0.25) is 5.91 Å². The molecule has 0 aliphatic heterocycles. The van der Waals surface area contributed by atoms with E-state index >= 15 is 0 Å². The summed E-state index contributed by atoms with van der Waals surface area (Å²) < 4.78 is 6.12. The molecule has 0 aromatic heterocycles. The van der Waals surface area contributed by atoms with Crippen LogP contribution < -0.4 is 10.6 Å². The number of quaternary nitrogens is 1. The normalized spacial score (nSPS) is 12.6. The molecule has 7 nitrogen and oxygen atoms in total. The van der Waals surface area contributed by atoms with Crippen LogP contribution >= 0.6 is 0 Å². The highest BCUT2D eigenvalue weighted by Crippen LogP contribution is 2.14. The fourth-order valence-electron chi connectivity index (χ4n) is 5.99. The fraction of sp³-hybridized carbons (Fsp3) is 0.585. The van der Waals surface area contributed by atoms with E-state index < -0.39 is 24.0 Å². The molecule has 2 atom stereocenters. The molecular formula is C41H64N3O4+. The van der Waals surface area contributed by atoms with Crippen LogP contribution in [0, 0.1) is 0 Å². The molecule has 266 valence electrons. The van der Waals surface area contributed by atoms with Gasteiger partial charge in [-0.15, -0.1) is 0 Å². The Kier molecular flexibility index (Phi) is 20.9. The molecule has 2 aromatic carbocycles. The lowest BCUT2D eigenvalue weighted by atomic mass is 10.0. The second kappa shape index (κ2) is 24.7. The number of nitrogens with one attached hydrogen (secondary N) is 2. The predicted molar refractivity (Wildman–Crippen MR) is 197 cm³/mol. The van der Waals surface area contributed by atoms with E-state index in [2.05, 4.69) is 24.1 Å². The summed E-state index contributed by atoms with van der Waals surface area (Å²) in [4.78, 5) is 40.2. The number of amides is 2. The lowest BCUT2D eigenvalue weighted by Gasteiger charge is -2.29. The van der Waals surface area contributed by atoms with Crippen molar-refractivity contribution in [1.29, 1.82) is 0 Å². The quantitative estimate of drug-likeness (QED) is 0.0444. The third kappa shape index (κ3) is 18.8. The zero-order valence-corrected chi connectivity index (χ0v) is 30.2. The number of carbonyl (C=O) groups excluding carboxylic acids is 3. The zero-order valence-electron chi connectivity index (χ0n) is 30.2. The molecule has 0 aliphatic carbocycles. The zero-order chi connectivity index (χ0) is 34.9. The molecule has 2 amide bonds. The highest BCUT2D eigenvalue weighted by molar-refractivity contribution is 5.91. The van der Waals surface area contributed by atoms with Gasteiger partial charge in [-0.3, -0.25) is 9.59 Å². The van der Waals surface area contributed by atoms with Crippen LogP contribution in [0.15, 0.2) is 73.3 Å². The van der Waals surface area contributed by atoms with Crippen LogP contribution in [-0.2, 0) is 32.0 Å². The number of hydrogen-bond acceptors (Lipinski definition) is 4. The summed E-state index contributed by atoms with van der Waals surface area (Å²) in [6.07, 6.45) is 20.1. The van der Waals surface area contributed by atoms with E-state index in [1.165, 1.54) is 70.6 Å². The number of ether oxygens (including phenoxy) is 1. The van der Waals surface area contributed by atoms with Gasteiger partial charge in [0.25, 0.3) is 5.91 Å². The molecule has 7 heteroatoms. The third-order valence-corrected chi connectivity index (χ3v) is 8.76. The monoisotopic (exact) mass is 662 g/mol. The van der Waals surface area contributed by atoms with E-state index in [9.17, 15) is 14.4 Å². The minimum absolute atomic E-state index is 0.194. The van der Waals surface area contributed by atoms with Gasteiger partial charge in [-0.1, -0.05) is 158 Å². The van der Waals surface area contributed by atoms with Crippen molar-refractivity contribution in [3.8, 4) is 0 Å². The maximum absolute atomic E-state index is 13.7. The van der Waals surface area contributed by atoms with E-state index in [1.807, 2.05) is 74.8 Å². The minimum Gasteiger partial charge on any atom is -0.464 e. The van der Waals surface area contributed by atoms with Crippen molar-refractivity contribution in [2.45, 2.75) is 122 Å². The van der Waals surface area contributed by atoms with E-state index in [4.69, 9.17) is 4.74 Å². The van der Waals surface area contributed by atoms with Gasteiger partial charge in [0.1, 0.15) is 12.1 Å². The first-order valence-electron chi connectivity index (χ1n) is 18.5. The Morgan fingerprint density at radius 3 is 1.62 bits per heavy atom. The molecule has 0 saturated heterocycles. The predicted octanol–water partition coefficient (Wildman–Crippen LogP) is 7.73. The molecular weight excluding hydrogens is 598 g/mol. The summed E-state index contributed by atoms with van der Waals surface area (Å²) >= 11 is 0. The first-order valence-corrected chi connectivity index (χ1v) is 18.5. The Hall–Kier alpha value is -3.45. The van der Waals surface area contributed by atoms with Crippen LogP contribution in [0.1, 0.15) is 108 Å². The second-order valence-electron chi connectivity index (χ2n) is 13.9. The highest BCUT2D eigenvalue weighted by Gasteiger charge is 2.29. The SMILES string of the molecule is C=CC[N+](C)(C)CC(=O)NC(Cc1ccccc1)C(=O)NC(Cc1ccccc1)C(=O)OCCCCCCCCCCCCCCCC. The second-order valence-corrected chi connectivity index (χ2v) is 13.9. The van der Waals surface area contributed by atoms with Crippen molar-refractivity contribution in [3.05, 3.63) is 84.4 Å². The number of hydrogen-bond donors (Lipinski definition) is 2. The van der Waals surface area contributed by atoms with E-state index in [0.717, 1.165) is 30.4 Å². The Bertz CT molecular complexity index is 1170. The first-order chi connectivity index (χ1) is 23.2. The summed E-state index contributed by atoms with van der Waals surface area (Å²) in [7, 11) is 3.88. The molecule has 0 fully saturated rings. The molecule has 48 heavy (non-hydrogen) atoms. The average molecular weight is 663 g/mol. The fourth-order valence-corrected chi connectivity index (χ4v) is 5.99. The van der Waals surface area contributed by atoms with Crippen molar-refractivity contribution >= 4 is 17.8 Å². The maximum Gasteiger partial charge on any atom is 0.328 e. The lowest BCUT2D eigenvalue weighted by molar-refractivity contribution is -0.876. The maximum atomic E-state index is 13.7. The molecule has 0 radical (unpaired) electrons. The topological polar surface area (TPSA) is 84.5 Å². The van der Waals surface area contributed by atoms with Crippen molar-refractivity contribution in [1.82, 2.24) is 10.6 Å². The van der Waals surface area contributed by atoms with Crippen molar-refractivity contribution < 1.29 is 23.6 Å². The molecule has 0 heterocycles. The summed E-state index contributed by atoms with van der Waals surface area (Å²) in [5, 5.41) is 5.87. The third-order valence-electron chi connectivity index (χ3n) is 8.76. The molecule has 2 aromatic rings. The summed E-state index contributed by atoms with van der Waals surface area (Å²) in [6.45, 7) is 7.20. The summed E-state index contributed by atoms with van der Waals surface area (Å²) in [5.74, 6) is -1.09. The van der Waals surface area contributed by atoms with Gasteiger partial charge in [-0.25, -0.2) is 4.79 Å². The molecule has 2 rings (SSSR count). The van der Waals surface area contributed by atoms with E-state index in [-0.39, 0.29) is 12.5 Å². The number of esters is 1. The molecule has 0 spiro atoms. The van der Waals surface area contributed by atoms with Crippen molar-refractivity contribution in [3.63, 3.8) is 0 Å². The summed E-state index contributed by atoms with van der Waals surface area (Å²) in [5.41, 5.74) is 1.83. The average Bonchev–Trinajstić information content (AvgIpc) is 3.06. The molecule has 0 saturated carbocycles. The van der Waals surface area contributed by atoms with E-state index in [0.29, 0.717) is 30.5 Å². The number of rotatable bonds is 27. The summed E-state index contributed by atoms with van der Waals surface area (Å²) in [6, 6.07) is 17.5. The largest absolute Gasteiger partial charge is 0.464 e. The van der Waals surface area contributed by atoms with Gasteiger partial charge in [-0.05, 0) is 23.6 Å². The van der Waals surface area contributed by atoms with Crippen LogP contribution in [0.2, 0.25) is 0 Å². The number of unbranched alkanes of at least 4 members (excludes halogenated alkanes) is 13. The number of benzene rings is 2. The van der Waals surface area contributed by atoms with Gasteiger partial charge >= 0.3 is 5.97 Å². The molecule has 0 bridgehead atoms. The standard InChI is InChI=1S/C41H63N3O4/c1-5-7-8-9-10-11-12-13-14-15-16-17-18-25-31-48-41(47)38(33-36-28-23-20-24-29-36)43-40(46)37(32-35-26-21-19-22-27-35)42-39(45)34-44(3,4)30-6-2/h6,19-24,26-29,37-38H,2,5,7-18,25,30-34H2,1,3-4H3,(H-,42,43,45,46)/p+1. The van der Waals surface area contributed by atoms with Crippen LogP contribution in [0.5, 0.6) is 0 Å². The Balaban J connectivity index is 1.88. The number of carbonyl (C=O) groups is 3. The number of nitrogens with zero attached hydrogens (tertiary/aromatic N) is 1. The lowest BCUT2D eigenvalue weighted by Crippen LogP contribution is -2.56. The highest BCUT2D eigenvalue weighted by atomic mass is 16.5. The van der Waals surface area contributed by atoms with Gasteiger partial charge in [0, 0.05) is 12.8 Å². The van der Waals surface area contributed by atoms with Crippen molar-refractivity contribution in [2.75, 3.05) is 33.8 Å². The van der Waals surface area contributed by atoms with Crippen LogP contribution in [0.3, 0.4) is 0 Å². The Morgan fingerprint density at radius 1 is 0.688 bits per heavy atom. The van der Waals surface area contributed by atoms with Gasteiger partial charge in [-0.2, -0.15) is 0 Å². The molecule has 2 N–H and O–H groups in total. The van der Waals surface area contributed by atoms with Crippen LogP contribution in [-0.4, -0.2) is 68.1 Å². The molecule has 0 aliphatic rings. The van der Waals surface area contributed by atoms with Crippen molar-refractivity contribution in [2.24, 2.45) is 0 Å². The van der Waals surface area contributed by atoms with Gasteiger partial charge in [0.05, 0.1) is 27.2 Å². The smallest absolute Gasteiger partial charge is 0.328 e. The van der Waals surface area contributed by atoms with Crippen LogP contribution in [0.4, 0.5) is 0 Å². The molecule has 2 unspecified atom stereocenters. The van der Waals surface area contributed by atoms with Gasteiger partial charge in [0.15, 0.2) is 6.54 Å².